The molecule has 2 aromatic rings. The SMILES string of the molecule is COC(=O)c1ncc(-c2c(F)cc(Br)c(F)c2F)c(NC(C)=O)c1Cl. The normalized spacial score (nSPS) is 10.5. The maximum absolute atomic E-state index is 14.3. The molecule has 1 N–H and O–H groups in total. The number of aromatic nitrogens is 1. The van der Waals surface area contributed by atoms with Crippen molar-refractivity contribution in [2.45, 2.75) is 6.92 Å². The molecule has 0 aliphatic carbocycles. The van der Waals surface area contributed by atoms with E-state index in [1.807, 2.05) is 0 Å². The Kier molecular flexibility index (Phi) is 5.69. The summed E-state index contributed by atoms with van der Waals surface area (Å²) in [4.78, 5) is 26.8. The van der Waals surface area contributed by atoms with Crippen molar-refractivity contribution in [1.29, 1.82) is 0 Å². The topological polar surface area (TPSA) is 68.3 Å². The van der Waals surface area contributed by atoms with Crippen LogP contribution in [-0.4, -0.2) is 24.0 Å². The molecule has 0 unspecified atom stereocenters. The first-order valence-electron chi connectivity index (χ1n) is 6.56. The summed E-state index contributed by atoms with van der Waals surface area (Å²) in [6.07, 6.45) is 0.887. The van der Waals surface area contributed by atoms with Gasteiger partial charge in [0.1, 0.15) is 5.82 Å². The van der Waals surface area contributed by atoms with Crippen molar-refractivity contribution in [2.75, 3.05) is 12.4 Å². The highest BCUT2D eigenvalue weighted by Crippen LogP contribution is 2.39. The van der Waals surface area contributed by atoms with Crippen LogP contribution in [0.2, 0.25) is 5.02 Å². The van der Waals surface area contributed by atoms with E-state index in [1.54, 1.807) is 0 Å². The summed E-state index contributed by atoms with van der Waals surface area (Å²) < 4.78 is 46.4. The first kappa shape index (κ1) is 19.2. The van der Waals surface area contributed by atoms with E-state index in [0.29, 0.717) is 6.07 Å². The average Bonchev–Trinajstić information content (AvgIpc) is 2.54. The third-order valence-electron chi connectivity index (χ3n) is 3.08. The molecule has 1 amide bonds. The Balaban J connectivity index is 2.83. The maximum atomic E-state index is 14.3. The van der Waals surface area contributed by atoms with Crippen LogP contribution in [0.5, 0.6) is 0 Å². The Morgan fingerprint density at radius 2 is 1.92 bits per heavy atom. The van der Waals surface area contributed by atoms with E-state index in [-0.39, 0.29) is 16.9 Å². The minimum atomic E-state index is -1.51. The lowest BCUT2D eigenvalue weighted by atomic mass is 10.0. The van der Waals surface area contributed by atoms with Gasteiger partial charge in [0, 0.05) is 18.7 Å². The molecule has 1 aromatic heterocycles. The third-order valence-corrected chi connectivity index (χ3v) is 4.03. The van der Waals surface area contributed by atoms with Crippen LogP contribution in [0.4, 0.5) is 18.9 Å². The second-order valence-corrected chi connectivity index (χ2v) is 5.96. The van der Waals surface area contributed by atoms with Crippen molar-refractivity contribution in [1.82, 2.24) is 4.98 Å². The van der Waals surface area contributed by atoms with Crippen LogP contribution in [0.15, 0.2) is 16.7 Å². The van der Waals surface area contributed by atoms with Crippen LogP contribution in [0, 0.1) is 17.5 Å². The van der Waals surface area contributed by atoms with Gasteiger partial charge in [0.05, 0.1) is 27.9 Å². The van der Waals surface area contributed by atoms with Crippen LogP contribution < -0.4 is 5.32 Å². The summed E-state index contributed by atoms with van der Waals surface area (Å²) in [6.45, 7) is 1.12. The largest absolute Gasteiger partial charge is 0.464 e. The van der Waals surface area contributed by atoms with Crippen molar-refractivity contribution >= 4 is 45.1 Å². The van der Waals surface area contributed by atoms with Gasteiger partial charge in [-0.1, -0.05) is 11.6 Å². The number of hydrogen-bond acceptors (Lipinski definition) is 4. The van der Waals surface area contributed by atoms with E-state index in [2.05, 4.69) is 31.0 Å². The number of hydrogen-bond donors (Lipinski definition) is 1. The molecule has 0 atom stereocenters. The Morgan fingerprint density at radius 3 is 2.48 bits per heavy atom. The quantitative estimate of drug-likeness (QED) is 0.441. The molecule has 132 valence electrons. The number of carbonyl (C=O) groups excluding carboxylic acids is 2. The summed E-state index contributed by atoms with van der Waals surface area (Å²) in [5.41, 5.74) is -1.82. The summed E-state index contributed by atoms with van der Waals surface area (Å²) in [5.74, 6) is -5.53. The highest BCUT2D eigenvalue weighted by Gasteiger charge is 2.26. The zero-order valence-electron chi connectivity index (χ0n) is 12.7. The van der Waals surface area contributed by atoms with E-state index in [1.165, 1.54) is 0 Å². The number of carbonyl (C=O) groups is 2. The van der Waals surface area contributed by atoms with Gasteiger partial charge in [-0.05, 0) is 22.0 Å². The highest BCUT2D eigenvalue weighted by molar-refractivity contribution is 9.10. The number of halogens is 5. The number of rotatable bonds is 3. The van der Waals surface area contributed by atoms with Gasteiger partial charge in [0.25, 0.3) is 0 Å². The fourth-order valence-corrected chi connectivity index (χ4v) is 2.68. The molecule has 1 heterocycles. The van der Waals surface area contributed by atoms with Gasteiger partial charge in [-0.25, -0.2) is 22.9 Å². The van der Waals surface area contributed by atoms with Crippen LogP contribution in [0.25, 0.3) is 11.1 Å². The van der Waals surface area contributed by atoms with Crippen molar-refractivity contribution in [2.24, 2.45) is 0 Å². The van der Waals surface area contributed by atoms with E-state index < -0.39 is 44.4 Å². The van der Waals surface area contributed by atoms with E-state index in [0.717, 1.165) is 20.2 Å². The smallest absolute Gasteiger partial charge is 0.358 e. The predicted octanol–water partition coefficient (Wildman–Crippen LogP) is 4.33. The number of pyridine rings is 1. The molecule has 0 fully saturated rings. The molecule has 0 bridgehead atoms. The van der Waals surface area contributed by atoms with Gasteiger partial charge >= 0.3 is 5.97 Å². The molecule has 0 aliphatic rings. The first-order valence-corrected chi connectivity index (χ1v) is 7.73. The summed E-state index contributed by atoms with van der Waals surface area (Å²) >= 11 is 8.72. The molecule has 2 rings (SSSR count). The zero-order chi connectivity index (χ0) is 18.9. The van der Waals surface area contributed by atoms with E-state index in [9.17, 15) is 22.8 Å². The Morgan fingerprint density at radius 1 is 1.28 bits per heavy atom. The molecule has 0 radical (unpaired) electrons. The van der Waals surface area contributed by atoms with E-state index in [4.69, 9.17) is 11.6 Å². The average molecular weight is 438 g/mol. The lowest BCUT2D eigenvalue weighted by Crippen LogP contribution is -2.13. The Bertz CT molecular complexity index is 893. The standard InChI is InChI=1S/C15H9BrClF3N2O3/c1-5(23)22-13-6(4-21-14(10(13)17)15(24)25-2)9-8(18)3-7(16)11(19)12(9)20/h3-4H,1-2H3,(H,21,22,23). The summed E-state index contributed by atoms with van der Waals surface area (Å²) in [5, 5.41) is 1.86. The van der Waals surface area contributed by atoms with Gasteiger partial charge in [-0.2, -0.15) is 0 Å². The molecular weight excluding hydrogens is 429 g/mol. The number of ether oxygens (including phenoxy) is 1. The van der Waals surface area contributed by atoms with Crippen molar-refractivity contribution in [3.8, 4) is 11.1 Å². The summed E-state index contributed by atoms with van der Waals surface area (Å²) in [7, 11) is 1.08. The van der Waals surface area contributed by atoms with E-state index >= 15 is 0 Å². The van der Waals surface area contributed by atoms with Gasteiger partial charge in [0.2, 0.25) is 5.91 Å². The zero-order valence-corrected chi connectivity index (χ0v) is 15.1. The predicted molar refractivity (Wildman–Crippen MR) is 87.9 cm³/mol. The minimum Gasteiger partial charge on any atom is -0.464 e. The highest BCUT2D eigenvalue weighted by atomic mass is 79.9. The lowest BCUT2D eigenvalue weighted by Gasteiger charge is -2.15. The van der Waals surface area contributed by atoms with Crippen LogP contribution in [0.1, 0.15) is 17.4 Å². The van der Waals surface area contributed by atoms with Gasteiger partial charge in [-0.3, -0.25) is 4.79 Å². The molecule has 0 spiro atoms. The minimum absolute atomic E-state index is 0.302. The maximum Gasteiger partial charge on any atom is 0.358 e. The molecular formula is C15H9BrClF3N2O3. The van der Waals surface area contributed by atoms with Crippen LogP contribution in [0.3, 0.4) is 0 Å². The second kappa shape index (κ2) is 7.40. The molecule has 5 nitrogen and oxygen atoms in total. The van der Waals surface area contributed by atoms with Crippen molar-refractivity contribution in [3.63, 3.8) is 0 Å². The Hall–Kier alpha value is -2.13. The fourth-order valence-electron chi connectivity index (χ4n) is 2.03. The summed E-state index contributed by atoms with van der Waals surface area (Å²) in [6, 6.07) is 0.716. The molecule has 1 aromatic carbocycles. The number of nitrogens with zero attached hydrogens (tertiary/aromatic N) is 1. The number of benzene rings is 1. The van der Waals surface area contributed by atoms with Gasteiger partial charge in [0.15, 0.2) is 17.3 Å². The monoisotopic (exact) mass is 436 g/mol. The van der Waals surface area contributed by atoms with Crippen LogP contribution in [-0.2, 0) is 9.53 Å². The first-order chi connectivity index (χ1) is 11.7. The molecule has 0 saturated carbocycles. The number of anilines is 1. The molecule has 10 heteroatoms. The third kappa shape index (κ3) is 3.62. The van der Waals surface area contributed by atoms with Crippen molar-refractivity contribution in [3.05, 3.63) is 44.9 Å². The molecule has 0 aliphatic heterocycles. The van der Waals surface area contributed by atoms with Gasteiger partial charge in [-0.15, -0.1) is 0 Å². The fraction of sp³-hybridized carbons (Fsp3) is 0.133. The van der Waals surface area contributed by atoms with Crippen molar-refractivity contribution < 1.29 is 27.5 Å². The lowest BCUT2D eigenvalue weighted by molar-refractivity contribution is -0.114. The molecule has 25 heavy (non-hydrogen) atoms. The number of nitrogens with one attached hydrogen (secondary N) is 1. The number of methoxy groups -OCH3 is 1. The molecule has 0 saturated heterocycles. The second-order valence-electron chi connectivity index (χ2n) is 4.73. The van der Waals surface area contributed by atoms with Gasteiger partial charge < -0.3 is 10.1 Å². The number of amides is 1. The Labute approximate surface area is 153 Å². The van der Waals surface area contributed by atoms with Crippen LogP contribution >= 0.6 is 27.5 Å². The number of esters is 1.